The molecular formula is C12H17ClN2O. The van der Waals surface area contributed by atoms with Crippen molar-refractivity contribution in [1.29, 1.82) is 0 Å². The van der Waals surface area contributed by atoms with E-state index >= 15 is 0 Å². The minimum absolute atomic E-state index is 0.115. The number of carbonyl (C=O) groups is 1. The molecule has 0 aliphatic carbocycles. The van der Waals surface area contributed by atoms with Gasteiger partial charge in [0.1, 0.15) is 0 Å². The summed E-state index contributed by atoms with van der Waals surface area (Å²) < 4.78 is 0. The molecule has 1 N–H and O–H groups in total. The number of benzene rings is 1. The lowest BCUT2D eigenvalue weighted by Gasteiger charge is -2.11. The first-order valence-corrected chi connectivity index (χ1v) is 5.57. The fraction of sp³-hybridized carbons (Fsp3) is 0.417. The number of hydrogen-bond donors (Lipinski definition) is 1. The highest BCUT2D eigenvalue weighted by molar-refractivity contribution is 6.33. The van der Waals surface area contributed by atoms with E-state index < -0.39 is 0 Å². The number of amides is 1. The number of carbonyl (C=O) groups excluding carboxylic acids is 1. The summed E-state index contributed by atoms with van der Waals surface area (Å²) in [4.78, 5) is 13.8. The van der Waals surface area contributed by atoms with Crippen LogP contribution in [0.1, 0.15) is 15.9 Å². The average molecular weight is 241 g/mol. The standard InChI is InChI=1S/C12H17ClN2O/c1-9-4-5-11(13)10(8-9)12(16)14-6-7-15(2)3/h4-5,8H,6-7H2,1-3H3,(H,14,16). The van der Waals surface area contributed by atoms with E-state index in [1.807, 2.05) is 32.0 Å². The van der Waals surface area contributed by atoms with Gasteiger partial charge in [-0.2, -0.15) is 0 Å². The summed E-state index contributed by atoms with van der Waals surface area (Å²) in [7, 11) is 3.93. The molecule has 4 heteroatoms. The number of rotatable bonds is 4. The number of halogens is 1. The average Bonchev–Trinajstić information content (AvgIpc) is 2.21. The molecule has 0 fully saturated rings. The first kappa shape index (κ1) is 13.0. The molecule has 0 unspecified atom stereocenters. The Morgan fingerprint density at radius 1 is 1.44 bits per heavy atom. The maximum atomic E-state index is 11.8. The molecule has 1 aromatic rings. The Kier molecular flexibility index (Phi) is 4.77. The zero-order valence-corrected chi connectivity index (χ0v) is 10.6. The van der Waals surface area contributed by atoms with E-state index in [0.29, 0.717) is 17.1 Å². The van der Waals surface area contributed by atoms with Crippen LogP contribution >= 0.6 is 11.6 Å². The van der Waals surface area contributed by atoms with E-state index in [9.17, 15) is 4.79 Å². The van der Waals surface area contributed by atoms with E-state index in [1.165, 1.54) is 0 Å². The highest BCUT2D eigenvalue weighted by Crippen LogP contribution is 2.16. The van der Waals surface area contributed by atoms with E-state index in [1.54, 1.807) is 12.1 Å². The van der Waals surface area contributed by atoms with Crippen LogP contribution in [0, 0.1) is 6.92 Å². The van der Waals surface area contributed by atoms with Crippen molar-refractivity contribution in [1.82, 2.24) is 10.2 Å². The van der Waals surface area contributed by atoms with Crippen molar-refractivity contribution in [2.45, 2.75) is 6.92 Å². The Labute approximate surface area is 101 Å². The van der Waals surface area contributed by atoms with Crippen LogP contribution in [-0.2, 0) is 0 Å². The lowest BCUT2D eigenvalue weighted by Crippen LogP contribution is -2.31. The molecule has 1 amide bonds. The van der Waals surface area contributed by atoms with Crippen LogP contribution in [0.5, 0.6) is 0 Å². The van der Waals surface area contributed by atoms with E-state index in [2.05, 4.69) is 5.32 Å². The zero-order valence-electron chi connectivity index (χ0n) is 9.88. The Hall–Kier alpha value is -1.06. The van der Waals surface area contributed by atoms with Gasteiger partial charge in [-0.25, -0.2) is 0 Å². The van der Waals surface area contributed by atoms with Gasteiger partial charge in [-0.05, 0) is 33.2 Å². The molecule has 1 aromatic carbocycles. The second kappa shape index (κ2) is 5.87. The molecule has 0 aliphatic rings. The van der Waals surface area contributed by atoms with Gasteiger partial charge in [-0.15, -0.1) is 0 Å². The van der Waals surface area contributed by atoms with E-state index in [0.717, 1.165) is 12.1 Å². The summed E-state index contributed by atoms with van der Waals surface area (Å²) in [6, 6.07) is 5.43. The summed E-state index contributed by atoms with van der Waals surface area (Å²) in [5, 5.41) is 3.33. The molecular weight excluding hydrogens is 224 g/mol. The predicted octanol–water partition coefficient (Wildman–Crippen LogP) is 1.94. The quantitative estimate of drug-likeness (QED) is 0.873. The minimum Gasteiger partial charge on any atom is -0.351 e. The zero-order chi connectivity index (χ0) is 12.1. The fourth-order valence-corrected chi connectivity index (χ4v) is 1.50. The van der Waals surface area contributed by atoms with Gasteiger partial charge in [0.05, 0.1) is 10.6 Å². The number of aryl methyl sites for hydroxylation is 1. The van der Waals surface area contributed by atoms with E-state index in [-0.39, 0.29) is 5.91 Å². The van der Waals surface area contributed by atoms with Gasteiger partial charge in [0, 0.05) is 13.1 Å². The maximum absolute atomic E-state index is 11.8. The molecule has 0 aliphatic heterocycles. The third kappa shape index (κ3) is 3.83. The Balaban J connectivity index is 2.62. The van der Waals surface area contributed by atoms with Gasteiger partial charge in [0.25, 0.3) is 5.91 Å². The summed E-state index contributed by atoms with van der Waals surface area (Å²) in [5.74, 6) is -0.115. The first-order chi connectivity index (χ1) is 7.50. The van der Waals surface area contributed by atoms with Crippen LogP contribution in [0.4, 0.5) is 0 Å². The lowest BCUT2D eigenvalue weighted by molar-refractivity contribution is 0.0951. The number of hydrogen-bond acceptors (Lipinski definition) is 2. The topological polar surface area (TPSA) is 32.3 Å². The largest absolute Gasteiger partial charge is 0.351 e. The van der Waals surface area contributed by atoms with Gasteiger partial charge in [0.2, 0.25) is 0 Å². The molecule has 0 spiro atoms. The predicted molar refractivity (Wildman–Crippen MR) is 67.1 cm³/mol. The van der Waals surface area contributed by atoms with Crippen molar-refractivity contribution in [2.24, 2.45) is 0 Å². The fourth-order valence-electron chi connectivity index (χ4n) is 1.30. The summed E-state index contributed by atoms with van der Waals surface area (Å²) in [6.45, 7) is 3.37. The molecule has 0 radical (unpaired) electrons. The smallest absolute Gasteiger partial charge is 0.252 e. The molecule has 0 bridgehead atoms. The van der Waals surface area contributed by atoms with Gasteiger partial charge in [-0.3, -0.25) is 4.79 Å². The van der Waals surface area contributed by atoms with Crippen LogP contribution in [0.2, 0.25) is 5.02 Å². The second-order valence-corrected chi connectivity index (χ2v) is 4.45. The SMILES string of the molecule is Cc1ccc(Cl)c(C(=O)NCCN(C)C)c1. The Morgan fingerprint density at radius 2 is 2.12 bits per heavy atom. The van der Waals surface area contributed by atoms with Crippen molar-refractivity contribution in [3.8, 4) is 0 Å². The number of nitrogens with zero attached hydrogens (tertiary/aromatic N) is 1. The van der Waals surface area contributed by atoms with Crippen LogP contribution in [-0.4, -0.2) is 38.0 Å². The monoisotopic (exact) mass is 240 g/mol. The third-order valence-electron chi connectivity index (χ3n) is 2.21. The normalized spacial score (nSPS) is 10.6. The molecule has 1 rings (SSSR count). The molecule has 0 saturated heterocycles. The van der Waals surface area contributed by atoms with Gasteiger partial charge in [0.15, 0.2) is 0 Å². The van der Waals surface area contributed by atoms with E-state index in [4.69, 9.17) is 11.6 Å². The molecule has 3 nitrogen and oxygen atoms in total. The van der Waals surface area contributed by atoms with Crippen LogP contribution in [0.15, 0.2) is 18.2 Å². The minimum atomic E-state index is -0.115. The van der Waals surface area contributed by atoms with Crippen LogP contribution in [0.25, 0.3) is 0 Å². The molecule has 0 atom stereocenters. The molecule has 16 heavy (non-hydrogen) atoms. The summed E-state index contributed by atoms with van der Waals surface area (Å²) in [6.07, 6.45) is 0. The summed E-state index contributed by atoms with van der Waals surface area (Å²) in [5.41, 5.74) is 1.57. The highest BCUT2D eigenvalue weighted by atomic mass is 35.5. The maximum Gasteiger partial charge on any atom is 0.252 e. The van der Waals surface area contributed by atoms with Crippen molar-refractivity contribution in [3.05, 3.63) is 34.3 Å². The van der Waals surface area contributed by atoms with Crippen molar-refractivity contribution < 1.29 is 4.79 Å². The molecule has 88 valence electrons. The number of likely N-dealkylation sites (N-methyl/N-ethyl adjacent to an activating group) is 1. The first-order valence-electron chi connectivity index (χ1n) is 5.20. The van der Waals surface area contributed by atoms with Crippen molar-refractivity contribution in [3.63, 3.8) is 0 Å². The third-order valence-corrected chi connectivity index (χ3v) is 2.54. The molecule has 0 saturated carbocycles. The van der Waals surface area contributed by atoms with Crippen molar-refractivity contribution >= 4 is 17.5 Å². The second-order valence-electron chi connectivity index (χ2n) is 4.04. The number of nitrogens with one attached hydrogen (secondary N) is 1. The molecule has 0 aromatic heterocycles. The van der Waals surface area contributed by atoms with Crippen molar-refractivity contribution in [2.75, 3.05) is 27.2 Å². The van der Waals surface area contributed by atoms with Gasteiger partial charge >= 0.3 is 0 Å². The van der Waals surface area contributed by atoms with Gasteiger partial charge < -0.3 is 10.2 Å². The lowest BCUT2D eigenvalue weighted by atomic mass is 10.1. The Bertz CT molecular complexity index is 377. The van der Waals surface area contributed by atoms with Gasteiger partial charge in [-0.1, -0.05) is 23.2 Å². The highest BCUT2D eigenvalue weighted by Gasteiger charge is 2.09. The van der Waals surface area contributed by atoms with Crippen LogP contribution < -0.4 is 5.32 Å². The molecule has 0 heterocycles. The summed E-state index contributed by atoms with van der Waals surface area (Å²) >= 11 is 5.96. The Morgan fingerprint density at radius 3 is 2.75 bits per heavy atom. The van der Waals surface area contributed by atoms with Crippen LogP contribution in [0.3, 0.4) is 0 Å².